The maximum Gasteiger partial charge on any atom is 0.435 e. The SMILES string of the molecule is COc1cc(NC2=NCC(c3cncc(C(=O)O)c3)(n3nc(C(F)(F)F)cc3C)C=N2)cc(OC)c1. The summed E-state index contributed by atoms with van der Waals surface area (Å²) in [5, 5.41) is 16.2. The largest absolute Gasteiger partial charge is 0.497 e. The van der Waals surface area contributed by atoms with Crippen molar-refractivity contribution in [2.75, 3.05) is 26.1 Å². The number of aromatic nitrogens is 3. The van der Waals surface area contributed by atoms with E-state index in [-0.39, 0.29) is 29.3 Å². The Hall–Kier alpha value is -4.42. The molecule has 0 fully saturated rings. The third-order valence-electron chi connectivity index (χ3n) is 5.52. The van der Waals surface area contributed by atoms with Crippen molar-refractivity contribution in [1.82, 2.24) is 14.8 Å². The van der Waals surface area contributed by atoms with E-state index in [0.717, 1.165) is 16.9 Å². The van der Waals surface area contributed by atoms with Crippen molar-refractivity contribution in [3.63, 3.8) is 0 Å². The van der Waals surface area contributed by atoms with Gasteiger partial charge in [-0.1, -0.05) is 0 Å². The van der Waals surface area contributed by atoms with Gasteiger partial charge in [-0.05, 0) is 19.1 Å². The maximum absolute atomic E-state index is 13.4. The highest BCUT2D eigenvalue weighted by molar-refractivity contribution is 6.02. The van der Waals surface area contributed by atoms with E-state index in [1.807, 2.05) is 0 Å². The molecule has 2 aromatic heterocycles. The van der Waals surface area contributed by atoms with Crippen molar-refractivity contribution in [1.29, 1.82) is 0 Å². The van der Waals surface area contributed by atoms with Crippen LogP contribution in [0.25, 0.3) is 0 Å². The van der Waals surface area contributed by atoms with Crippen LogP contribution in [0.5, 0.6) is 11.5 Å². The number of aromatic carboxylic acids is 1. The van der Waals surface area contributed by atoms with E-state index in [9.17, 15) is 23.1 Å². The third kappa shape index (κ3) is 4.72. The molecule has 0 amide bonds. The summed E-state index contributed by atoms with van der Waals surface area (Å²) in [6.45, 7) is 1.33. The van der Waals surface area contributed by atoms with Gasteiger partial charge in [-0.25, -0.2) is 14.8 Å². The number of aliphatic imine (C=N–C) groups is 2. The number of carboxylic acid groups (broad SMARTS) is 1. The molecule has 3 aromatic rings. The lowest BCUT2D eigenvalue weighted by molar-refractivity contribution is -0.141. The summed E-state index contributed by atoms with van der Waals surface area (Å²) in [6, 6.07) is 7.29. The zero-order valence-corrected chi connectivity index (χ0v) is 19.4. The number of nitrogens with zero attached hydrogens (tertiary/aromatic N) is 5. The second-order valence-electron chi connectivity index (χ2n) is 7.90. The highest BCUT2D eigenvalue weighted by atomic mass is 19.4. The number of nitrogens with one attached hydrogen (secondary N) is 1. The molecule has 10 nitrogen and oxygen atoms in total. The summed E-state index contributed by atoms with van der Waals surface area (Å²) in [6.07, 6.45) is -0.801. The van der Waals surface area contributed by atoms with E-state index in [1.165, 1.54) is 39.6 Å². The van der Waals surface area contributed by atoms with Crippen molar-refractivity contribution in [2.45, 2.75) is 18.6 Å². The van der Waals surface area contributed by atoms with Gasteiger partial charge in [0.25, 0.3) is 0 Å². The van der Waals surface area contributed by atoms with Crippen LogP contribution in [-0.4, -0.2) is 58.8 Å². The molecule has 0 saturated heterocycles. The first-order valence-electron chi connectivity index (χ1n) is 10.5. The summed E-state index contributed by atoms with van der Waals surface area (Å²) in [5.74, 6) is -0.0210. The second-order valence-corrected chi connectivity index (χ2v) is 7.90. The van der Waals surface area contributed by atoms with E-state index < -0.39 is 23.4 Å². The van der Waals surface area contributed by atoms with Gasteiger partial charge in [-0.3, -0.25) is 9.67 Å². The monoisotopic (exact) mass is 502 g/mol. The van der Waals surface area contributed by atoms with Crippen molar-refractivity contribution < 1.29 is 32.5 Å². The van der Waals surface area contributed by atoms with Crippen LogP contribution in [0.15, 0.2) is 52.7 Å². The number of rotatable bonds is 6. The molecule has 1 aromatic carbocycles. The van der Waals surface area contributed by atoms with Crippen LogP contribution in [0.3, 0.4) is 0 Å². The molecular formula is C23H21F3N6O4. The van der Waals surface area contributed by atoms with Crippen molar-refractivity contribution in [3.05, 3.63) is 65.2 Å². The molecule has 3 heterocycles. The van der Waals surface area contributed by atoms with Gasteiger partial charge in [-0.15, -0.1) is 0 Å². The minimum absolute atomic E-state index is 0.134. The predicted molar refractivity (Wildman–Crippen MR) is 124 cm³/mol. The van der Waals surface area contributed by atoms with Gasteiger partial charge in [0.05, 0.1) is 26.3 Å². The van der Waals surface area contributed by atoms with Crippen molar-refractivity contribution in [2.24, 2.45) is 9.98 Å². The predicted octanol–water partition coefficient (Wildman–Crippen LogP) is 3.62. The van der Waals surface area contributed by atoms with Crippen LogP contribution in [-0.2, 0) is 11.7 Å². The van der Waals surface area contributed by atoms with Crippen LogP contribution >= 0.6 is 0 Å². The minimum atomic E-state index is -4.68. The van der Waals surface area contributed by atoms with E-state index in [0.29, 0.717) is 17.2 Å². The molecule has 1 atom stereocenters. The molecule has 4 rings (SSSR count). The number of hydrogen-bond acceptors (Lipinski definition) is 8. The van der Waals surface area contributed by atoms with Gasteiger partial charge < -0.3 is 19.9 Å². The standard InChI is InChI=1S/C23H21F3N6O4/c1-13-4-19(23(24,25)26)31-32(13)22(15-5-14(20(33)34)9-27-10-15)11-28-21(29-12-22)30-16-6-17(35-2)8-18(7-16)36-3/h4-11H,12H2,1-3H3,(H,29,30)(H,33,34). The number of pyridine rings is 1. The average Bonchev–Trinajstić information content (AvgIpc) is 3.27. The number of ether oxygens (including phenoxy) is 2. The van der Waals surface area contributed by atoms with Gasteiger partial charge in [0.1, 0.15) is 17.0 Å². The van der Waals surface area contributed by atoms with Crippen molar-refractivity contribution in [3.8, 4) is 11.5 Å². The number of alkyl halides is 3. The van der Waals surface area contributed by atoms with Gasteiger partial charge in [-0.2, -0.15) is 18.3 Å². The first-order chi connectivity index (χ1) is 17.1. The molecule has 0 spiro atoms. The molecule has 36 heavy (non-hydrogen) atoms. The molecular weight excluding hydrogens is 481 g/mol. The van der Waals surface area contributed by atoms with Gasteiger partial charge >= 0.3 is 12.1 Å². The normalized spacial score (nSPS) is 17.4. The van der Waals surface area contributed by atoms with E-state index in [1.54, 1.807) is 18.2 Å². The summed E-state index contributed by atoms with van der Waals surface area (Å²) >= 11 is 0. The average molecular weight is 502 g/mol. The Morgan fingerprint density at radius 1 is 1.11 bits per heavy atom. The molecule has 1 aliphatic rings. The number of methoxy groups -OCH3 is 2. The lowest BCUT2D eigenvalue weighted by Gasteiger charge is -2.33. The quantitative estimate of drug-likeness (QED) is 0.528. The number of guanidine groups is 1. The van der Waals surface area contributed by atoms with Crippen molar-refractivity contribution >= 4 is 23.8 Å². The zero-order chi connectivity index (χ0) is 26.1. The number of anilines is 1. The van der Waals surface area contributed by atoms with Gasteiger partial charge in [0.2, 0.25) is 5.96 Å². The van der Waals surface area contributed by atoms with Gasteiger partial charge in [0, 0.05) is 53.8 Å². The Morgan fingerprint density at radius 3 is 2.33 bits per heavy atom. The summed E-state index contributed by atoms with van der Waals surface area (Å²) in [5.41, 5.74) is -1.69. The molecule has 1 unspecified atom stereocenters. The molecule has 0 bridgehead atoms. The fraction of sp³-hybridized carbons (Fsp3) is 0.261. The maximum atomic E-state index is 13.4. The molecule has 0 radical (unpaired) electrons. The summed E-state index contributed by atoms with van der Waals surface area (Å²) in [4.78, 5) is 24.3. The van der Waals surface area contributed by atoms with E-state index in [2.05, 4.69) is 25.4 Å². The van der Waals surface area contributed by atoms with E-state index in [4.69, 9.17) is 9.47 Å². The lowest BCUT2D eigenvalue weighted by atomic mass is 9.90. The summed E-state index contributed by atoms with van der Waals surface area (Å²) in [7, 11) is 3.01. The first kappa shape index (κ1) is 24.7. The molecule has 1 aliphatic heterocycles. The Morgan fingerprint density at radius 2 is 1.81 bits per heavy atom. The number of hydrogen-bond donors (Lipinski definition) is 2. The number of carbonyl (C=O) groups is 1. The van der Waals surface area contributed by atoms with Crippen LogP contribution in [0.1, 0.15) is 27.3 Å². The first-order valence-corrected chi connectivity index (χ1v) is 10.5. The topological polar surface area (TPSA) is 123 Å². The van der Waals surface area contributed by atoms with Crippen LogP contribution in [0.4, 0.5) is 18.9 Å². The molecule has 2 N–H and O–H groups in total. The Bertz CT molecular complexity index is 1350. The number of carboxylic acids is 1. The Balaban J connectivity index is 1.76. The summed E-state index contributed by atoms with van der Waals surface area (Å²) < 4.78 is 51.9. The van der Waals surface area contributed by atoms with Crippen LogP contribution < -0.4 is 14.8 Å². The Labute approximate surface area is 203 Å². The van der Waals surface area contributed by atoms with E-state index >= 15 is 0 Å². The molecule has 0 aliphatic carbocycles. The van der Waals surface area contributed by atoms with Crippen LogP contribution in [0, 0.1) is 6.92 Å². The molecule has 0 saturated carbocycles. The number of halogens is 3. The lowest BCUT2D eigenvalue weighted by Crippen LogP contribution is -2.44. The fourth-order valence-electron chi connectivity index (χ4n) is 3.75. The second kappa shape index (κ2) is 9.32. The third-order valence-corrected chi connectivity index (χ3v) is 5.52. The van der Waals surface area contributed by atoms with Gasteiger partial charge in [0.15, 0.2) is 5.69 Å². The zero-order valence-electron chi connectivity index (χ0n) is 19.4. The number of aryl methyl sites for hydroxylation is 1. The molecule has 13 heteroatoms. The Kier molecular flexibility index (Phi) is 6.39. The highest BCUT2D eigenvalue weighted by Crippen LogP contribution is 2.34. The van der Waals surface area contributed by atoms with Crippen LogP contribution in [0.2, 0.25) is 0 Å². The highest BCUT2D eigenvalue weighted by Gasteiger charge is 2.41. The minimum Gasteiger partial charge on any atom is -0.497 e. The fourth-order valence-corrected chi connectivity index (χ4v) is 3.75. The molecule has 188 valence electrons. The smallest absolute Gasteiger partial charge is 0.435 e. The number of benzene rings is 1.